The van der Waals surface area contributed by atoms with Gasteiger partial charge in [-0.25, -0.2) is 0 Å². The predicted molar refractivity (Wildman–Crippen MR) is 86.9 cm³/mol. The minimum absolute atomic E-state index is 0.244. The number of nitrogens with zero attached hydrogens (tertiary/aromatic N) is 3. The molecule has 1 atom stereocenters. The lowest BCUT2D eigenvalue weighted by atomic mass is 10.1. The summed E-state index contributed by atoms with van der Waals surface area (Å²) in [6, 6.07) is 5.76. The monoisotopic (exact) mass is 352 g/mol. The summed E-state index contributed by atoms with van der Waals surface area (Å²) in [4.78, 5) is 6.67. The highest BCUT2D eigenvalue weighted by Gasteiger charge is 2.18. The van der Waals surface area contributed by atoms with Crippen LogP contribution in [0.3, 0.4) is 0 Å². The van der Waals surface area contributed by atoms with E-state index in [1.807, 2.05) is 25.1 Å². The van der Waals surface area contributed by atoms with Crippen molar-refractivity contribution in [2.45, 2.75) is 26.8 Å². The molecule has 6 heteroatoms. The van der Waals surface area contributed by atoms with Crippen molar-refractivity contribution in [3.05, 3.63) is 34.1 Å². The molecule has 1 unspecified atom stereocenters. The Bertz CT molecular complexity index is 595. The van der Waals surface area contributed by atoms with E-state index in [9.17, 15) is 0 Å². The molecule has 2 N–H and O–H groups in total. The van der Waals surface area contributed by atoms with Gasteiger partial charge in [-0.1, -0.05) is 25.1 Å². The van der Waals surface area contributed by atoms with E-state index in [-0.39, 0.29) is 6.04 Å². The number of nitrogens with two attached hydrogens (primary N) is 1. The first-order valence-electron chi connectivity index (χ1n) is 7.13. The van der Waals surface area contributed by atoms with Crippen LogP contribution < -0.4 is 5.73 Å². The van der Waals surface area contributed by atoms with E-state index in [0.717, 1.165) is 29.7 Å². The number of likely N-dealkylation sites (N-methyl/N-ethyl adjacent to an activating group) is 1. The molecule has 0 bridgehead atoms. The van der Waals surface area contributed by atoms with Crippen LogP contribution in [0.1, 0.15) is 31.3 Å². The molecule has 114 valence electrons. The zero-order valence-corrected chi connectivity index (χ0v) is 14.2. The van der Waals surface area contributed by atoms with Gasteiger partial charge in [-0.3, -0.25) is 0 Å². The normalized spacial score (nSPS) is 12.9. The van der Waals surface area contributed by atoms with Gasteiger partial charge in [0.25, 0.3) is 5.89 Å². The smallest absolute Gasteiger partial charge is 0.259 e. The molecule has 0 aliphatic rings. The quantitative estimate of drug-likeness (QED) is 0.864. The third-order valence-corrected chi connectivity index (χ3v) is 4.13. The summed E-state index contributed by atoms with van der Waals surface area (Å²) in [5.74, 6) is 1.04. The molecular formula is C15H21BrN4O. The van der Waals surface area contributed by atoms with E-state index in [4.69, 9.17) is 10.3 Å². The van der Waals surface area contributed by atoms with Crippen molar-refractivity contribution in [3.8, 4) is 11.5 Å². The molecule has 5 nitrogen and oxygen atoms in total. The summed E-state index contributed by atoms with van der Waals surface area (Å²) in [6.07, 6.45) is 0. The van der Waals surface area contributed by atoms with Gasteiger partial charge in [-0.05, 0) is 53.6 Å². The van der Waals surface area contributed by atoms with Gasteiger partial charge < -0.3 is 15.2 Å². The molecule has 0 amide bonds. The number of hydrogen-bond acceptors (Lipinski definition) is 5. The Morgan fingerprint density at radius 2 is 2.05 bits per heavy atom. The predicted octanol–water partition coefficient (Wildman–Crippen LogP) is 3.15. The second-order valence-corrected chi connectivity index (χ2v) is 5.89. The Hall–Kier alpha value is -1.24. The van der Waals surface area contributed by atoms with Crippen molar-refractivity contribution >= 4 is 15.9 Å². The summed E-state index contributed by atoms with van der Waals surface area (Å²) in [5, 5.41) is 4.02. The van der Waals surface area contributed by atoms with E-state index in [1.165, 1.54) is 5.56 Å². The fourth-order valence-corrected chi connectivity index (χ4v) is 2.79. The van der Waals surface area contributed by atoms with Crippen LogP contribution in [0.2, 0.25) is 0 Å². The van der Waals surface area contributed by atoms with Gasteiger partial charge in [0.1, 0.15) is 0 Å². The number of benzene rings is 1. The number of aryl methyl sites for hydroxylation is 1. The number of hydrogen-bond donors (Lipinski definition) is 1. The molecule has 0 aliphatic carbocycles. The third kappa shape index (κ3) is 3.90. The molecule has 1 heterocycles. The third-order valence-electron chi connectivity index (χ3n) is 3.48. The highest BCUT2D eigenvalue weighted by atomic mass is 79.9. The van der Waals surface area contributed by atoms with Crippen LogP contribution in [-0.2, 0) is 0 Å². The molecule has 0 fully saturated rings. The minimum atomic E-state index is -0.244. The zero-order valence-electron chi connectivity index (χ0n) is 12.6. The first-order chi connectivity index (χ1) is 10.0. The first kappa shape index (κ1) is 16.1. The van der Waals surface area contributed by atoms with E-state index < -0.39 is 0 Å². The van der Waals surface area contributed by atoms with Gasteiger partial charge in [0.15, 0.2) is 5.82 Å². The highest BCUT2D eigenvalue weighted by molar-refractivity contribution is 9.10. The van der Waals surface area contributed by atoms with Crippen LogP contribution in [0.4, 0.5) is 0 Å². The Morgan fingerprint density at radius 1 is 1.33 bits per heavy atom. The zero-order chi connectivity index (χ0) is 15.4. The van der Waals surface area contributed by atoms with Crippen molar-refractivity contribution in [1.82, 2.24) is 15.0 Å². The lowest BCUT2D eigenvalue weighted by Gasteiger charge is -2.20. The molecule has 0 saturated heterocycles. The van der Waals surface area contributed by atoms with Gasteiger partial charge in [0.2, 0.25) is 0 Å². The van der Waals surface area contributed by atoms with Gasteiger partial charge in [0, 0.05) is 11.0 Å². The topological polar surface area (TPSA) is 68.2 Å². The molecule has 0 spiro atoms. The second-order valence-electron chi connectivity index (χ2n) is 5.03. The summed E-state index contributed by atoms with van der Waals surface area (Å²) in [6.45, 7) is 8.90. The standard InChI is InChI=1S/C15H21BrN4O/c1-4-20(5-2)9-13(17)14-18-15(21-19-14)11-7-6-10(3)8-12(11)16/h6-8,13H,4-5,9,17H2,1-3H3. The van der Waals surface area contributed by atoms with Crippen LogP contribution >= 0.6 is 15.9 Å². The van der Waals surface area contributed by atoms with E-state index >= 15 is 0 Å². The Kier molecular flexibility index (Phi) is 5.50. The number of aromatic nitrogens is 2. The molecule has 1 aromatic carbocycles. The van der Waals surface area contributed by atoms with Crippen LogP contribution in [0.15, 0.2) is 27.2 Å². The molecule has 0 aliphatic heterocycles. The lowest BCUT2D eigenvalue weighted by Crippen LogP contribution is -2.32. The van der Waals surface area contributed by atoms with Gasteiger partial charge in [-0.2, -0.15) is 4.98 Å². The first-order valence-corrected chi connectivity index (χ1v) is 7.92. The SMILES string of the molecule is CCN(CC)CC(N)c1noc(-c2ccc(C)cc2Br)n1. The summed E-state index contributed by atoms with van der Waals surface area (Å²) in [7, 11) is 0. The van der Waals surface area contributed by atoms with Crippen molar-refractivity contribution in [2.24, 2.45) is 5.73 Å². The molecule has 2 aromatic rings. The Balaban J connectivity index is 2.17. The van der Waals surface area contributed by atoms with Gasteiger partial charge in [-0.15, -0.1) is 0 Å². The average molecular weight is 353 g/mol. The molecule has 2 rings (SSSR count). The van der Waals surface area contributed by atoms with Crippen molar-refractivity contribution in [3.63, 3.8) is 0 Å². The summed E-state index contributed by atoms with van der Waals surface area (Å²) in [5.41, 5.74) is 8.22. The minimum Gasteiger partial charge on any atom is -0.334 e. The number of halogens is 1. The lowest BCUT2D eigenvalue weighted by molar-refractivity contribution is 0.278. The van der Waals surface area contributed by atoms with Crippen molar-refractivity contribution < 1.29 is 4.52 Å². The fraction of sp³-hybridized carbons (Fsp3) is 0.467. The summed E-state index contributed by atoms with van der Waals surface area (Å²) < 4.78 is 6.29. The van der Waals surface area contributed by atoms with E-state index in [1.54, 1.807) is 0 Å². The molecular weight excluding hydrogens is 332 g/mol. The Morgan fingerprint density at radius 3 is 2.67 bits per heavy atom. The second kappa shape index (κ2) is 7.15. The van der Waals surface area contributed by atoms with Crippen LogP contribution in [0, 0.1) is 6.92 Å². The average Bonchev–Trinajstić information content (AvgIpc) is 2.94. The Labute approximate surface area is 133 Å². The maximum Gasteiger partial charge on any atom is 0.259 e. The number of rotatable bonds is 6. The molecule has 0 saturated carbocycles. The molecule has 0 radical (unpaired) electrons. The van der Waals surface area contributed by atoms with Crippen LogP contribution in [0.5, 0.6) is 0 Å². The molecule has 1 aromatic heterocycles. The van der Waals surface area contributed by atoms with Gasteiger partial charge in [0.05, 0.1) is 11.6 Å². The van der Waals surface area contributed by atoms with Gasteiger partial charge >= 0.3 is 0 Å². The van der Waals surface area contributed by atoms with Crippen LogP contribution in [0.25, 0.3) is 11.5 Å². The highest BCUT2D eigenvalue weighted by Crippen LogP contribution is 2.28. The van der Waals surface area contributed by atoms with Crippen molar-refractivity contribution in [1.29, 1.82) is 0 Å². The molecule has 21 heavy (non-hydrogen) atoms. The fourth-order valence-electron chi connectivity index (χ4n) is 2.13. The van der Waals surface area contributed by atoms with Crippen molar-refractivity contribution in [2.75, 3.05) is 19.6 Å². The van der Waals surface area contributed by atoms with E-state index in [2.05, 4.69) is 44.8 Å². The van der Waals surface area contributed by atoms with Crippen LogP contribution in [-0.4, -0.2) is 34.7 Å². The summed E-state index contributed by atoms with van der Waals surface area (Å²) >= 11 is 3.53. The maximum atomic E-state index is 6.16. The largest absolute Gasteiger partial charge is 0.334 e. The van der Waals surface area contributed by atoms with E-state index in [0.29, 0.717) is 11.7 Å². The maximum absolute atomic E-state index is 6.16.